The van der Waals surface area contributed by atoms with Crippen LogP contribution in [0.2, 0.25) is 0 Å². The van der Waals surface area contributed by atoms with E-state index in [9.17, 15) is 13.2 Å². The topological polar surface area (TPSA) is 52.4 Å². The summed E-state index contributed by atoms with van der Waals surface area (Å²) >= 11 is 0. The lowest BCUT2D eigenvalue weighted by Crippen LogP contribution is -2.47. The summed E-state index contributed by atoms with van der Waals surface area (Å²) in [4.78, 5) is 2.15. The van der Waals surface area contributed by atoms with Crippen molar-refractivity contribution in [3.8, 4) is 5.75 Å². The number of likely N-dealkylation sites (tertiary alicyclic amines) is 1. The van der Waals surface area contributed by atoms with Crippen LogP contribution in [0.4, 0.5) is 13.2 Å². The number of aromatic nitrogens is 3. The molecule has 6 nitrogen and oxygen atoms in total. The highest BCUT2D eigenvalue weighted by Crippen LogP contribution is 2.27. The summed E-state index contributed by atoms with van der Waals surface area (Å²) < 4.78 is 47.9. The molecule has 0 aliphatic carbocycles. The van der Waals surface area contributed by atoms with Gasteiger partial charge in [-0.15, -0.1) is 23.4 Å². The van der Waals surface area contributed by atoms with Gasteiger partial charge in [-0.05, 0) is 17.7 Å². The van der Waals surface area contributed by atoms with Crippen LogP contribution in [0.25, 0.3) is 0 Å². The minimum atomic E-state index is -4.67. The molecule has 0 unspecified atom stereocenters. The van der Waals surface area contributed by atoms with Crippen molar-refractivity contribution in [2.45, 2.75) is 25.4 Å². The predicted molar refractivity (Wildman–Crippen MR) is 83.0 cm³/mol. The minimum Gasteiger partial charge on any atom is -0.406 e. The van der Waals surface area contributed by atoms with Crippen molar-refractivity contribution in [3.63, 3.8) is 0 Å². The third kappa shape index (κ3) is 4.70. The first-order valence-electron chi connectivity index (χ1n) is 7.89. The summed E-state index contributed by atoms with van der Waals surface area (Å²) in [6.07, 6.45) is -2.26. The van der Waals surface area contributed by atoms with Crippen molar-refractivity contribution in [3.05, 3.63) is 42.0 Å². The Morgan fingerprint density at radius 1 is 1.28 bits per heavy atom. The summed E-state index contributed by atoms with van der Waals surface area (Å²) in [7, 11) is 1.64. The Balaban J connectivity index is 1.54. The number of methoxy groups -OCH3 is 1. The van der Waals surface area contributed by atoms with Crippen molar-refractivity contribution in [1.29, 1.82) is 0 Å². The molecule has 1 aliphatic rings. The lowest BCUT2D eigenvalue weighted by Gasteiger charge is -2.40. The maximum absolute atomic E-state index is 12.3. The third-order valence-corrected chi connectivity index (χ3v) is 4.05. The molecule has 9 heteroatoms. The molecule has 0 atom stereocenters. The fourth-order valence-electron chi connectivity index (χ4n) is 2.89. The van der Waals surface area contributed by atoms with Crippen LogP contribution in [-0.4, -0.2) is 52.8 Å². The Labute approximate surface area is 143 Å². The molecule has 1 saturated heterocycles. The van der Waals surface area contributed by atoms with Gasteiger partial charge in [-0.2, -0.15) is 0 Å². The smallest absolute Gasteiger partial charge is 0.406 e. The van der Waals surface area contributed by atoms with E-state index in [-0.39, 0.29) is 11.8 Å². The fourth-order valence-corrected chi connectivity index (χ4v) is 2.89. The number of alkyl halides is 3. The molecule has 136 valence electrons. The number of hydrogen-bond donors (Lipinski definition) is 0. The van der Waals surface area contributed by atoms with Crippen LogP contribution >= 0.6 is 0 Å². The molecule has 0 N–H and O–H groups in total. The van der Waals surface area contributed by atoms with Gasteiger partial charge in [-0.1, -0.05) is 12.1 Å². The first kappa shape index (κ1) is 17.7. The second-order valence-corrected chi connectivity index (χ2v) is 5.94. The number of benzene rings is 1. The van der Waals surface area contributed by atoms with Crippen molar-refractivity contribution in [2.75, 3.05) is 26.8 Å². The molecule has 2 aromatic rings. The number of nitrogens with zero attached hydrogens (tertiary/aromatic N) is 4. The van der Waals surface area contributed by atoms with Gasteiger partial charge in [0.05, 0.1) is 12.6 Å². The Bertz CT molecular complexity index is 699. The van der Waals surface area contributed by atoms with E-state index in [1.165, 1.54) is 12.1 Å². The average Bonchev–Trinajstić information content (AvgIpc) is 2.95. The molecule has 1 aromatic heterocycles. The number of rotatable bonds is 7. The first-order chi connectivity index (χ1) is 11.9. The second kappa shape index (κ2) is 7.40. The van der Waals surface area contributed by atoms with E-state index in [1.54, 1.807) is 25.6 Å². The molecule has 1 aromatic carbocycles. The number of ether oxygens (including phenoxy) is 2. The Hall–Kier alpha value is -2.13. The van der Waals surface area contributed by atoms with Gasteiger partial charge in [-0.3, -0.25) is 4.90 Å². The molecular weight excluding hydrogens is 337 g/mol. The predicted octanol–water partition coefficient (Wildman–Crippen LogP) is 2.42. The maximum atomic E-state index is 12.3. The third-order valence-electron chi connectivity index (χ3n) is 4.05. The largest absolute Gasteiger partial charge is 0.573 e. The summed E-state index contributed by atoms with van der Waals surface area (Å²) in [5.74, 6) is 0.690. The molecule has 0 spiro atoms. The lowest BCUT2D eigenvalue weighted by molar-refractivity contribution is -0.274. The van der Waals surface area contributed by atoms with Crippen LogP contribution in [0, 0.1) is 0 Å². The van der Waals surface area contributed by atoms with Crippen LogP contribution in [-0.2, 0) is 17.7 Å². The molecule has 0 radical (unpaired) electrons. The molecule has 1 fully saturated rings. The fraction of sp³-hybridized carbons (Fsp3) is 0.500. The van der Waals surface area contributed by atoms with Gasteiger partial charge >= 0.3 is 6.36 Å². The van der Waals surface area contributed by atoms with E-state index in [1.807, 2.05) is 4.57 Å². The quantitative estimate of drug-likeness (QED) is 0.763. The van der Waals surface area contributed by atoms with Crippen molar-refractivity contribution < 1.29 is 22.6 Å². The Morgan fingerprint density at radius 2 is 2.08 bits per heavy atom. The second-order valence-electron chi connectivity index (χ2n) is 5.94. The van der Waals surface area contributed by atoms with Gasteiger partial charge in [0.2, 0.25) is 0 Å². The van der Waals surface area contributed by atoms with Crippen LogP contribution in [0.1, 0.15) is 17.4 Å². The van der Waals surface area contributed by atoms with Crippen molar-refractivity contribution in [1.82, 2.24) is 19.7 Å². The molecular formula is C16H19F3N4O2. The molecule has 2 heterocycles. The van der Waals surface area contributed by atoms with E-state index in [0.29, 0.717) is 19.6 Å². The van der Waals surface area contributed by atoms with Gasteiger partial charge in [0, 0.05) is 33.2 Å². The molecule has 1 aliphatic heterocycles. The van der Waals surface area contributed by atoms with Crippen LogP contribution in [0.15, 0.2) is 30.6 Å². The highest BCUT2D eigenvalue weighted by atomic mass is 19.4. The minimum absolute atomic E-state index is 0.192. The maximum Gasteiger partial charge on any atom is 0.573 e. The Kier molecular flexibility index (Phi) is 5.24. The summed E-state index contributed by atoms with van der Waals surface area (Å²) in [5, 5.41) is 8.05. The van der Waals surface area contributed by atoms with Gasteiger partial charge in [-0.25, -0.2) is 0 Å². The van der Waals surface area contributed by atoms with E-state index in [4.69, 9.17) is 4.74 Å². The summed E-state index contributed by atoms with van der Waals surface area (Å²) in [6.45, 7) is 2.74. The highest BCUT2D eigenvalue weighted by molar-refractivity contribution is 5.28. The van der Waals surface area contributed by atoms with E-state index in [0.717, 1.165) is 24.5 Å². The normalized spacial score (nSPS) is 16.0. The van der Waals surface area contributed by atoms with Crippen LogP contribution in [0.3, 0.4) is 0 Å². The van der Waals surface area contributed by atoms with Gasteiger partial charge in [0.15, 0.2) is 0 Å². The number of halogens is 3. The molecule has 0 bridgehead atoms. The molecule has 25 heavy (non-hydrogen) atoms. The standard InChI is InChI=1S/C16H19F3N4O2/c1-24-6-5-15-21-20-11-23(15)13-9-22(10-13)8-12-3-2-4-14(7-12)25-16(17,18)19/h2-4,7,11,13H,5-6,8-10H2,1H3. The highest BCUT2D eigenvalue weighted by Gasteiger charge is 2.32. The SMILES string of the molecule is COCCc1nncn1C1CN(Cc2cccc(OC(F)(F)F)c2)C1. The zero-order valence-corrected chi connectivity index (χ0v) is 13.7. The van der Waals surface area contributed by atoms with Crippen LogP contribution < -0.4 is 4.74 Å². The molecule has 3 rings (SSSR count). The van der Waals surface area contributed by atoms with Crippen molar-refractivity contribution >= 4 is 0 Å². The van der Waals surface area contributed by atoms with E-state index >= 15 is 0 Å². The van der Waals surface area contributed by atoms with Crippen LogP contribution in [0.5, 0.6) is 5.75 Å². The van der Waals surface area contributed by atoms with Gasteiger partial charge in [0.1, 0.15) is 17.9 Å². The molecule has 0 saturated carbocycles. The average molecular weight is 356 g/mol. The lowest BCUT2D eigenvalue weighted by atomic mass is 10.1. The molecule has 0 amide bonds. The monoisotopic (exact) mass is 356 g/mol. The van der Waals surface area contributed by atoms with E-state index < -0.39 is 6.36 Å². The Morgan fingerprint density at radius 3 is 2.80 bits per heavy atom. The first-order valence-corrected chi connectivity index (χ1v) is 7.89. The zero-order chi connectivity index (χ0) is 17.9. The summed E-state index contributed by atoms with van der Waals surface area (Å²) in [6, 6.07) is 6.35. The van der Waals surface area contributed by atoms with Gasteiger partial charge < -0.3 is 14.0 Å². The van der Waals surface area contributed by atoms with Crippen molar-refractivity contribution in [2.24, 2.45) is 0 Å². The zero-order valence-electron chi connectivity index (χ0n) is 13.7. The number of hydrogen-bond acceptors (Lipinski definition) is 5. The van der Waals surface area contributed by atoms with E-state index in [2.05, 4.69) is 19.8 Å². The summed E-state index contributed by atoms with van der Waals surface area (Å²) in [5.41, 5.74) is 0.781. The van der Waals surface area contributed by atoms with Gasteiger partial charge in [0.25, 0.3) is 0 Å².